The molecule has 10 heteroatoms. The standard InChI is InChI=1S/C29H34ClN3O5S/c1-5-38-26-15-13-25(14-16-26)33(39(36,37)27-17-11-24(30)12-18-27)20-28(34)32(19-23-9-7-6-8-10-23)22(4)29(35)31-21(2)3/h6-18,21-22H,5,19-20H2,1-4H3,(H,31,35). The van der Waals surface area contributed by atoms with Crippen LogP contribution < -0.4 is 14.4 Å². The Bertz CT molecular complexity index is 1350. The summed E-state index contributed by atoms with van der Waals surface area (Å²) in [6.45, 7) is 7.21. The van der Waals surface area contributed by atoms with Crippen LogP contribution in [0.3, 0.4) is 0 Å². The molecule has 0 aliphatic carbocycles. The van der Waals surface area contributed by atoms with E-state index in [1.165, 1.54) is 29.2 Å². The monoisotopic (exact) mass is 571 g/mol. The zero-order valence-electron chi connectivity index (χ0n) is 22.5. The summed E-state index contributed by atoms with van der Waals surface area (Å²) < 4.78 is 34.2. The highest BCUT2D eigenvalue weighted by Gasteiger charge is 2.32. The molecule has 3 aromatic rings. The van der Waals surface area contributed by atoms with E-state index in [2.05, 4.69) is 5.32 Å². The number of halogens is 1. The van der Waals surface area contributed by atoms with Gasteiger partial charge in [0, 0.05) is 17.6 Å². The van der Waals surface area contributed by atoms with Gasteiger partial charge in [-0.1, -0.05) is 41.9 Å². The van der Waals surface area contributed by atoms with Gasteiger partial charge in [-0.05, 0) is 81.8 Å². The summed E-state index contributed by atoms with van der Waals surface area (Å²) >= 11 is 5.99. The number of hydrogen-bond donors (Lipinski definition) is 1. The van der Waals surface area contributed by atoms with Crippen LogP contribution in [0.15, 0.2) is 83.8 Å². The van der Waals surface area contributed by atoms with Crippen molar-refractivity contribution in [1.29, 1.82) is 0 Å². The van der Waals surface area contributed by atoms with Gasteiger partial charge in [-0.25, -0.2) is 8.42 Å². The smallest absolute Gasteiger partial charge is 0.264 e. The lowest BCUT2D eigenvalue weighted by atomic mass is 10.1. The Kier molecular flexibility index (Phi) is 10.4. The molecule has 0 aliphatic heterocycles. The number of amides is 2. The molecular formula is C29H34ClN3O5S. The van der Waals surface area contributed by atoms with Crippen LogP contribution in [-0.2, 0) is 26.2 Å². The fraction of sp³-hybridized carbons (Fsp3) is 0.310. The highest BCUT2D eigenvalue weighted by atomic mass is 35.5. The Morgan fingerprint density at radius 2 is 1.54 bits per heavy atom. The van der Waals surface area contributed by atoms with E-state index in [4.69, 9.17) is 16.3 Å². The van der Waals surface area contributed by atoms with Gasteiger partial charge in [-0.2, -0.15) is 0 Å². The molecule has 2 amide bonds. The third kappa shape index (κ3) is 7.97. The van der Waals surface area contributed by atoms with Gasteiger partial charge >= 0.3 is 0 Å². The molecule has 208 valence electrons. The van der Waals surface area contributed by atoms with Crippen LogP contribution in [0.25, 0.3) is 0 Å². The van der Waals surface area contributed by atoms with E-state index in [0.717, 1.165) is 9.87 Å². The number of hydrogen-bond acceptors (Lipinski definition) is 5. The third-order valence-electron chi connectivity index (χ3n) is 5.91. The first-order valence-electron chi connectivity index (χ1n) is 12.7. The van der Waals surface area contributed by atoms with Gasteiger partial charge < -0.3 is 15.0 Å². The molecule has 8 nitrogen and oxygen atoms in total. The minimum Gasteiger partial charge on any atom is -0.494 e. The molecule has 1 atom stereocenters. The van der Waals surface area contributed by atoms with E-state index < -0.39 is 28.5 Å². The predicted octanol–water partition coefficient (Wildman–Crippen LogP) is 4.88. The predicted molar refractivity (Wildman–Crippen MR) is 153 cm³/mol. The maximum absolute atomic E-state index is 13.9. The molecule has 0 aliphatic rings. The van der Waals surface area contributed by atoms with Gasteiger partial charge in [-0.3, -0.25) is 13.9 Å². The molecule has 0 saturated carbocycles. The molecule has 3 aromatic carbocycles. The van der Waals surface area contributed by atoms with E-state index in [1.54, 1.807) is 31.2 Å². The van der Waals surface area contributed by atoms with Crippen molar-refractivity contribution < 1.29 is 22.7 Å². The van der Waals surface area contributed by atoms with Crippen LogP contribution in [-0.4, -0.2) is 50.4 Å². The fourth-order valence-electron chi connectivity index (χ4n) is 3.91. The van der Waals surface area contributed by atoms with Gasteiger partial charge in [0.1, 0.15) is 18.3 Å². The van der Waals surface area contributed by atoms with Gasteiger partial charge in [0.05, 0.1) is 17.2 Å². The summed E-state index contributed by atoms with van der Waals surface area (Å²) in [7, 11) is -4.18. The molecule has 0 fully saturated rings. The van der Waals surface area contributed by atoms with Crippen molar-refractivity contribution in [2.75, 3.05) is 17.5 Å². The number of rotatable bonds is 12. The molecule has 0 bridgehead atoms. The maximum atomic E-state index is 13.9. The SMILES string of the molecule is CCOc1ccc(N(CC(=O)N(Cc2ccccc2)C(C)C(=O)NC(C)C)S(=O)(=O)c2ccc(Cl)cc2)cc1. The molecule has 0 spiro atoms. The van der Waals surface area contributed by atoms with Crippen molar-refractivity contribution in [1.82, 2.24) is 10.2 Å². The van der Waals surface area contributed by atoms with Crippen molar-refractivity contribution in [3.05, 3.63) is 89.4 Å². The number of nitrogens with one attached hydrogen (secondary N) is 1. The lowest BCUT2D eigenvalue weighted by Gasteiger charge is -2.32. The Balaban J connectivity index is 2.02. The maximum Gasteiger partial charge on any atom is 0.264 e. The van der Waals surface area contributed by atoms with Crippen LogP contribution in [0.1, 0.15) is 33.3 Å². The zero-order chi connectivity index (χ0) is 28.6. The molecule has 0 aromatic heterocycles. The average molecular weight is 572 g/mol. The number of sulfonamides is 1. The normalized spacial score (nSPS) is 12.1. The summed E-state index contributed by atoms with van der Waals surface area (Å²) in [6, 6.07) is 20.5. The lowest BCUT2D eigenvalue weighted by Crippen LogP contribution is -2.52. The van der Waals surface area contributed by atoms with Gasteiger partial charge in [0.25, 0.3) is 10.0 Å². The summed E-state index contributed by atoms with van der Waals surface area (Å²) in [4.78, 5) is 28.2. The van der Waals surface area contributed by atoms with Crippen LogP contribution in [0.4, 0.5) is 5.69 Å². The first-order valence-corrected chi connectivity index (χ1v) is 14.5. The van der Waals surface area contributed by atoms with Crippen LogP contribution in [0.2, 0.25) is 5.02 Å². The van der Waals surface area contributed by atoms with Crippen LogP contribution in [0.5, 0.6) is 5.75 Å². The largest absolute Gasteiger partial charge is 0.494 e. The minimum absolute atomic E-state index is 0.0196. The van der Waals surface area contributed by atoms with Gasteiger partial charge in [0.15, 0.2) is 0 Å². The average Bonchev–Trinajstić information content (AvgIpc) is 2.91. The highest BCUT2D eigenvalue weighted by molar-refractivity contribution is 7.92. The van der Waals surface area contributed by atoms with Crippen molar-refractivity contribution in [2.45, 2.75) is 51.2 Å². The minimum atomic E-state index is -4.18. The summed E-state index contributed by atoms with van der Waals surface area (Å²) in [5.74, 6) is -0.291. The molecule has 3 rings (SSSR count). The Labute approximate surface area is 235 Å². The van der Waals surface area contributed by atoms with E-state index >= 15 is 0 Å². The highest BCUT2D eigenvalue weighted by Crippen LogP contribution is 2.27. The Hall–Kier alpha value is -3.56. The van der Waals surface area contributed by atoms with Crippen molar-refractivity contribution in [3.63, 3.8) is 0 Å². The molecule has 1 unspecified atom stereocenters. The van der Waals surface area contributed by atoms with E-state index in [1.807, 2.05) is 51.1 Å². The molecule has 0 radical (unpaired) electrons. The third-order valence-corrected chi connectivity index (χ3v) is 7.95. The number of carbonyl (C=O) groups is 2. The lowest BCUT2D eigenvalue weighted by molar-refractivity contribution is -0.139. The summed E-state index contributed by atoms with van der Waals surface area (Å²) in [5.41, 5.74) is 1.09. The van der Waals surface area contributed by atoms with Crippen LogP contribution in [0, 0.1) is 0 Å². The Morgan fingerprint density at radius 3 is 2.10 bits per heavy atom. The van der Waals surface area contributed by atoms with Gasteiger partial charge in [0.2, 0.25) is 11.8 Å². The zero-order valence-corrected chi connectivity index (χ0v) is 24.1. The number of carbonyl (C=O) groups excluding carboxylic acids is 2. The molecule has 0 heterocycles. The molecular weight excluding hydrogens is 538 g/mol. The number of benzene rings is 3. The van der Waals surface area contributed by atoms with Crippen molar-refractivity contribution in [2.24, 2.45) is 0 Å². The van der Waals surface area contributed by atoms with Crippen molar-refractivity contribution in [3.8, 4) is 5.75 Å². The molecule has 1 N–H and O–H groups in total. The molecule has 39 heavy (non-hydrogen) atoms. The van der Waals surface area contributed by atoms with Crippen LogP contribution >= 0.6 is 11.6 Å². The van der Waals surface area contributed by atoms with E-state index in [9.17, 15) is 18.0 Å². The first-order chi connectivity index (χ1) is 18.5. The Morgan fingerprint density at radius 1 is 0.923 bits per heavy atom. The fourth-order valence-corrected chi connectivity index (χ4v) is 5.45. The second-order valence-corrected chi connectivity index (χ2v) is 11.5. The quantitative estimate of drug-likeness (QED) is 0.334. The topological polar surface area (TPSA) is 96.0 Å². The second-order valence-electron chi connectivity index (χ2n) is 9.24. The summed E-state index contributed by atoms with van der Waals surface area (Å²) in [6.07, 6.45) is 0. The number of nitrogens with zero attached hydrogens (tertiary/aromatic N) is 2. The van der Waals surface area contributed by atoms with Crippen molar-refractivity contribution >= 4 is 39.1 Å². The first kappa shape index (κ1) is 30.0. The second kappa shape index (κ2) is 13.5. The number of anilines is 1. The van der Waals surface area contributed by atoms with E-state index in [0.29, 0.717) is 17.4 Å². The molecule has 0 saturated heterocycles. The summed E-state index contributed by atoms with van der Waals surface area (Å²) in [5, 5.41) is 3.22. The number of ether oxygens (including phenoxy) is 1. The van der Waals surface area contributed by atoms with Gasteiger partial charge in [-0.15, -0.1) is 0 Å². The van der Waals surface area contributed by atoms with E-state index in [-0.39, 0.29) is 29.1 Å².